The van der Waals surface area contributed by atoms with E-state index in [9.17, 15) is 14.0 Å². The van der Waals surface area contributed by atoms with Crippen LogP contribution in [-0.2, 0) is 9.59 Å². The van der Waals surface area contributed by atoms with Crippen molar-refractivity contribution >= 4 is 29.2 Å². The van der Waals surface area contributed by atoms with E-state index in [0.29, 0.717) is 25.2 Å². The van der Waals surface area contributed by atoms with Crippen molar-refractivity contribution in [2.45, 2.75) is 6.42 Å². The number of carbonyl (C=O) groups is 2. The van der Waals surface area contributed by atoms with Crippen LogP contribution < -0.4 is 5.73 Å². The van der Waals surface area contributed by atoms with Gasteiger partial charge < -0.3 is 10.6 Å². The SMILES string of the molecule is NC(=O)[C@@H]1CCN(C(=O)/C=C/c2csc(-c3ccc(F)cc3)n2)C1. The van der Waals surface area contributed by atoms with Crippen LogP contribution in [0.4, 0.5) is 4.39 Å². The molecule has 0 bridgehead atoms. The number of nitrogens with zero attached hydrogens (tertiary/aromatic N) is 2. The normalized spacial score (nSPS) is 17.5. The monoisotopic (exact) mass is 345 g/mol. The van der Waals surface area contributed by atoms with E-state index in [4.69, 9.17) is 5.73 Å². The first-order valence-electron chi connectivity index (χ1n) is 7.50. The van der Waals surface area contributed by atoms with Gasteiger partial charge in [0.15, 0.2) is 0 Å². The lowest BCUT2D eigenvalue weighted by Crippen LogP contribution is -2.30. The van der Waals surface area contributed by atoms with Gasteiger partial charge in [-0.25, -0.2) is 9.37 Å². The summed E-state index contributed by atoms with van der Waals surface area (Å²) in [5.74, 6) is -1.07. The molecule has 1 saturated heterocycles. The van der Waals surface area contributed by atoms with Crippen molar-refractivity contribution in [3.63, 3.8) is 0 Å². The fourth-order valence-electron chi connectivity index (χ4n) is 2.54. The molecule has 1 aromatic heterocycles. The fourth-order valence-corrected chi connectivity index (χ4v) is 3.34. The number of amides is 2. The summed E-state index contributed by atoms with van der Waals surface area (Å²) in [6.07, 6.45) is 3.71. The number of rotatable bonds is 4. The molecule has 0 aliphatic carbocycles. The third-order valence-electron chi connectivity index (χ3n) is 3.91. The van der Waals surface area contributed by atoms with Gasteiger partial charge in [0.1, 0.15) is 10.8 Å². The molecule has 2 aromatic rings. The number of aromatic nitrogens is 1. The summed E-state index contributed by atoms with van der Waals surface area (Å²) < 4.78 is 12.9. The molecule has 124 valence electrons. The fraction of sp³-hybridized carbons (Fsp3) is 0.235. The van der Waals surface area contributed by atoms with Crippen molar-refractivity contribution in [2.75, 3.05) is 13.1 Å². The Bertz CT molecular complexity index is 785. The minimum atomic E-state index is -0.363. The maximum atomic E-state index is 12.9. The largest absolute Gasteiger partial charge is 0.369 e. The number of likely N-dealkylation sites (tertiary alicyclic amines) is 1. The van der Waals surface area contributed by atoms with Crippen molar-refractivity contribution in [2.24, 2.45) is 11.7 Å². The zero-order chi connectivity index (χ0) is 17.1. The Morgan fingerprint density at radius 1 is 1.33 bits per heavy atom. The molecule has 1 fully saturated rings. The Morgan fingerprint density at radius 2 is 2.08 bits per heavy atom. The average molecular weight is 345 g/mol. The van der Waals surface area contributed by atoms with E-state index in [1.54, 1.807) is 23.1 Å². The highest BCUT2D eigenvalue weighted by Crippen LogP contribution is 2.24. The number of thiazole rings is 1. The molecule has 5 nitrogen and oxygen atoms in total. The molecule has 0 unspecified atom stereocenters. The van der Waals surface area contributed by atoms with E-state index in [-0.39, 0.29) is 23.5 Å². The van der Waals surface area contributed by atoms with E-state index in [0.717, 1.165) is 10.6 Å². The molecule has 2 N–H and O–H groups in total. The number of benzene rings is 1. The van der Waals surface area contributed by atoms with Gasteiger partial charge in [0.25, 0.3) is 0 Å². The summed E-state index contributed by atoms with van der Waals surface area (Å²) in [5.41, 5.74) is 6.76. The summed E-state index contributed by atoms with van der Waals surface area (Å²) in [6, 6.07) is 6.11. The van der Waals surface area contributed by atoms with E-state index in [1.165, 1.54) is 29.5 Å². The zero-order valence-corrected chi connectivity index (χ0v) is 13.6. The maximum Gasteiger partial charge on any atom is 0.246 e. The van der Waals surface area contributed by atoms with E-state index >= 15 is 0 Å². The molecule has 2 amide bonds. The Labute approximate surface area is 142 Å². The molecular weight excluding hydrogens is 329 g/mol. The summed E-state index contributed by atoms with van der Waals surface area (Å²) >= 11 is 1.43. The Balaban J connectivity index is 1.64. The Hall–Kier alpha value is -2.54. The topological polar surface area (TPSA) is 76.3 Å². The highest BCUT2D eigenvalue weighted by molar-refractivity contribution is 7.13. The lowest BCUT2D eigenvalue weighted by molar-refractivity contribution is -0.125. The van der Waals surface area contributed by atoms with Crippen LogP contribution in [0.5, 0.6) is 0 Å². The number of nitrogens with two attached hydrogens (primary N) is 1. The van der Waals surface area contributed by atoms with Gasteiger partial charge in [0.05, 0.1) is 11.6 Å². The second-order valence-corrected chi connectivity index (χ2v) is 6.45. The first-order chi connectivity index (χ1) is 11.5. The molecule has 1 aromatic carbocycles. The molecule has 0 radical (unpaired) electrons. The van der Waals surface area contributed by atoms with Gasteiger partial charge in [-0.3, -0.25) is 9.59 Å². The van der Waals surface area contributed by atoms with Crippen molar-refractivity contribution in [1.82, 2.24) is 9.88 Å². The minimum Gasteiger partial charge on any atom is -0.369 e. The molecule has 7 heteroatoms. The van der Waals surface area contributed by atoms with Crippen LogP contribution in [-0.4, -0.2) is 34.8 Å². The van der Waals surface area contributed by atoms with Crippen LogP contribution in [0.15, 0.2) is 35.7 Å². The van der Waals surface area contributed by atoms with Crippen molar-refractivity contribution < 1.29 is 14.0 Å². The number of halogens is 1. The third-order valence-corrected chi connectivity index (χ3v) is 4.82. The quantitative estimate of drug-likeness (QED) is 0.864. The highest BCUT2D eigenvalue weighted by atomic mass is 32.1. The predicted molar refractivity (Wildman–Crippen MR) is 90.4 cm³/mol. The van der Waals surface area contributed by atoms with Gasteiger partial charge in [-0.15, -0.1) is 11.3 Å². The zero-order valence-electron chi connectivity index (χ0n) is 12.8. The van der Waals surface area contributed by atoms with Gasteiger partial charge in [0.2, 0.25) is 11.8 Å². The lowest BCUT2D eigenvalue weighted by Gasteiger charge is -2.12. The highest BCUT2D eigenvalue weighted by Gasteiger charge is 2.28. The Morgan fingerprint density at radius 3 is 2.75 bits per heavy atom. The maximum absolute atomic E-state index is 12.9. The van der Waals surface area contributed by atoms with Gasteiger partial charge in [-0.2, -0.15) is 0 Å². The van der Waals surface area contributed by atoms with Crippen molar-refractivity contribution in [3.8, 4) is 10.6 Å². The van der Waals surface area contributed by atoms with Crippen LogP contribution in [0, 0.1) is 11.7 Å². The van der Waals surface area contributed by atoms with Crippen LogP contribution >= 0.6 is 11.3 Å². The standard InChI is InChI=1S/C17H16FN3O2S/c18-13-3-1-11(2-4-13)17-20-14(10-24-17)5-6-15(22)21-8-7-12(9-21)16(19)23/h1-6,10,12H,7-9H2,(H2,19,23)/b6-5+/t12-/m1/s1. The molecule has 24 heavy (non-hydrogen) atoms. The molecule has 1 aliphatic heterocycles. The van der Waals surface area contributed by atoms with Crippen molar-refractivity contribution in [3.05, 3.63) is 47.2 Å². The van der Waals surface area contributed by atoms with E-state index in [1.807, 2.05) is 5.38 Å². The van der Waals surface area contributed by atoms with Crippen LogP contribution in [0.25, 0.3) is 16.6 Å². The van der Waals surface area contributed by atoms with Crippen LogP contribution in [0.1, 0.15) is 12.1 Å². The lowest BCUT2D eigenvalue weighted by atomic mass is 10.1. The number of hydrogen-bond donors (Lipinski definition) is 1. The number of hydrogen-bond acceptors (Lipinski definition) is 4. The first-order valence-corrected chi connectivity index (χ1v) is 8.38. The first kappa shape index (κ1) is 16.3. The second kappa shape index (κ2) is 6.92. The summed E-state index contributed by atoms with van der Waals surface area (Å²) in [5, 5.41) is 2.59. The third kappa shape index (κ3) is 3.68. The van der Waals surface area contributed by atoms with Crippen LogP contribution in [0.3, 0.4) is 0 Å². The summed E-state index contributed by atoms with van der Waals surface area (Å²) in [4.78, 5) is 29.3. The second-order valence-electron chi connectivity index (χ2n) is 5.59. The van der Waals surface area contributed by atoms with E-state index in [2.05, 4.69) is 4.98 Å². The van der Waals surface area contributed by atoms with Gasteiger partial charge in [-0.05, 0) is 36.8 Å². The minimum absolute atomic E-state index is 0.157. The van der Waals surface area contributed by atoms with Crippen molar-refractivity contribution in [1.29, 1.82) is 0 Å². The van der Waals surface area contributed by atoms with Gasteiger partial charge >= 0.3 is 0 Å². The predicted octanol–water partition coefficient (Wildman–Crippen LogP) is 2.30. The molecule has 3 rings (SSSR count). The van der Waals surface area contributed by atoms with Crippen LogP contribution in [0.2, 0.25) is 0 Å². The molecule has 0 saturated carbocycles. The number of carbonyl (C=O) groups excluding carboxylic acids is 2. The van der Waals surface area contributed by atoms with E-state index < -0.39 is 0 Å². The molecule has 1 aliphatic rings. The van der Waals surface area contributed by atoms with Gasteiger partial charge in [0, 0.05) is 30.1 Å². The molecular formula is C17H16FN3O2S. The smallest absolute Gasteiger partial charge is 0.246 e. The Kier molecular flexibility index (Phi) is 4.71. The summed E-state index contributed by atoms with van der Waals surface area (Å²) in [6.45, 7) is 0.908. The number of primary amides is 1. The van der Waals surface area contributed by atoms with Gasteiger partial charge in [-0.1, -0.05) is 0 Å². The average Bonchev–Trinajstić information content (AvgIpc) is 3.23. The molecule has 1 atom stereocenters. The summed E-state index contributed by atoms with van der Waals surface area (Å²) in [7, 11) is 0. The molecule has 0 spiro atoms. The molecule has 2 heterocycles.